The van der Waals surface area contributed by atoms with Gasteiger partial charge in [0.25, 0.3) is 0 Å². The van der Waals surface area contributed by atoms with Gasteiger partial charge in [0.05, 0.1) is 25.7 Å². The van der Waals surface area contributed by atoms with Gasteiger partial charge < -0.3 is 18.9 Å². The Morgan fingerprint density at radius 1 is 1.11 bits per heavy atom. The molecule has 2 aromatic carbocycles. The fourth-order valence-corrected chi connectivity index (χ4v) is 3.15. The molecule has 1 fully saturated rings. The molecule has 6 nitrogen and oxygen atoms in total. The van der Waals surface area contributed by atoms with E-state index in [2.05, 4.69) is 0 Å². The summed E-state index contributed by atoms with van der Waals surface area (Å²) >= 11 is 0. The number of fused-ring (bicyclic) bond motifs is 1. The van der Waals surface area contributed by atoms with Crippen LogP contribution in [0.1, 0.15) is 34.3 Å². The van der Waals surface area contributed by atoms with E-state index in [-0.39, 0.29) is 23.4 Å². The maximum absolute atomic E-state index is 12.8. The first-order chi connectivity index (χ1) is 13.5. The summed E-state index contributed by atoms with van der Waals surface area (Å²) in [7, 11) is 3.11. The van der Waals surface area contributed by atoms with Crippen molar-refractivity contribution in [1.29, 1.82) is 0 Å². The molecule has 0 radical (unpaired) electrons. The summed E-state index contributed by atoms with van der Waals surface area (Å²) in [5.74, 6) is 1.72. The first-order valence-electron chi connectivity index (χ1n) is 9.02. The number of ether oxygens (including phenoxy) is 4. The Morgan fingerprint density at radius 2 is 1.86 bits per heavy atom. The lowest BCUT2D eigenvalue weighted by Gasteiger charge is -2.08. The Labute approximate surface area is 162 Å². The van der Waals surface area contributed by atoms with Crippen molar-refractivity contribution < 1.29 is 28.5 Å². The van der Waals surface area contributed by atoms with E-state index in [9.17, 15) is 9.59 Å². The summed E-state index contributed by atoms with van der Waals surface area (Å²) in [5.41, 5.74) is 1.93. The summed E-state index contributed by atoms with van der Waals surface area (Å²) in [5, 5.41) is 0. The number of rotatable bonds is 5. The first kappa shape index (κ1) is 18.1. The van der Waals surface area contributed by atoms with E-state index in [1.54, 1.807) is 51.5 Å². The number of Topliss-reactive ketones (excluding diaryl/α,β-unsaturated/α-hetero) is 1. The van der Waals surface area contributed by atoms with Crippen molar-refractivity contribution in [2.45, 2.75) is 19.8 Å². The van der Waals surface area contributed by atoms with E-state index in [1.807, 2.05) is 6.07 Å². The molecule has 1 aliphatic heterocycles. The highest BCUT2D eigenvalue weighted by Crippen LogP contribution is 2.39. The van der Waals surface area contributed by atoms with Crippen LogP contribution in [0.15, 0.2) is 36.1 Å². The number of ketones is 1. The maximum Gasteiger partial charge on any atom is 0.314 e. The van der Waals surface area contributed by atoms with Crippen LogP contribution in [0, 0.1) is 12.8 Å². The quantitative estimate of drug-likeness (QED) is 0.444. The van der Waals surface area contributed by atoms with Gasteiger partial charge in [-0.1, -0.05) is 6.07 Å². The lowest BCUT2D eigenvalue weighted by atomic mass is 10.0. The minimum absolute atomic E-state index is 0.00313. The monoisotopic (exact) mass is 380 g/mol. The van der Waals surface area contributed by atoms with Crippen molar-refractivity contribution in [1.82, 2.24) is 0 Å². The van der Waals surface area contributed by atoms with Gasteiger partial charge in [0.1, 0.15) is 11.5 Å². The normalized spacial score (nSPS) is 16.5. The van der Waals surface area contributed by atoms with Gasteiger partial charge in [0.2, 0.25) is 5.78 Å². The second-order valence-corrected chi connectivity index (χ2v) is 6.86. The number of carbonyl (C=O) groups excluding carboxylic acids is 2. The van der Waals surface area contributed by atoms with Crippen molar-refractivity contribution in [2.24, 2.45) is 5.92 Å². The molecule has 1 heterocycles. The predicted octanol–water partition coefficient (Wildman–Crippen LogP) is 3.94. The predicted molar refractivity (Wildman–Crippen MR) is 102 cm³/mol. The number of methoxy groups -OCH3 is 2. The Bertz CT molecular complexity index is 1000. The second-order valence-electron chi connectivity index (χ2n) is 6.86. The van der Waals surface area contributed by atoms with Gasteiger partial charge in [-0.05, 0) is 55.2 Å². The van der Waals surface area contributed by atoms with Crippen molar-refractivity contribution in [2.75, 3.05) is 14.2 Å². The molecular weight excluding hydrogens is 360 g/mol. The molecule has 1 saturated carbocycles. The van der Waals surface area contributed by atoms with E-state index in [0.29, 0.717) is 34.1 Å². The largest absolute Gasteiger partial charge is 0.493 e. The van der Waals surface area contributed by atoms with E-state index < -0.39 is 0 Å². The number of benzene rings is 2. The van der Waals surface area contributed by atoms with Gasteiger partial charge in [0, 0.05) is 6.07 Å². The lowest BCUT2D eigenvalue weighted by Crippen LogP contribution is -2.10. The van der Waals surface area contributed by atoms with Crippen LogP contribution >= 0.6 is 0 Å². The Morgan fingerprint density at radius 3 is 2.54 bits per heavy atom. The van der Waals surface area contributed by atoms with Gasteiger partial charge >= 0.3 is 5.97 Å². The maximum atomic E-state index is 12.8. The fourth-order valence-electron chi connectivity index (χ4n) is 3.15. The Balaban J connectivity index is 1.62. The van der Waals surface area contributed by atoms with E-state index in [4.69, 9.17) is 18.9 Å². The van der Waals surface area contributed by atoms with E-state index in [1.165, 1.54) is 0 Å². The number of esters is 1. The van der Waals surface area contributed by atoms with Crippen molar-refractivity contribution in [3.8, 4) is 23.0 Å². The van der Waals surface area contributed by atoms with Crippen LogP contribution in [0.4, 0.5) is 0 Å². The van der Waals surface area contributed by atoms with Crippen molar-refractivity contribution in [3.63, 3.8) is 0 Å². The fraction of sp³-hybridized carbons (Fsp3) is 0.273. The molecule has 144 valence electrons. The molecule has 28 heavy (non-hydrogen) atoms. The highest BCUT2D eigenvalue weighted by molar-refractivity contribution is 6.15. The third kappa shape index (κ3) is 3.33. The summed E-state index contributed by atoms with van der Waals surface area (Å²) in [6, 6.07) is 8.62. The smallest absolute Gasteiger partial charge is 0.314 e. The third-order valence-corrected chi connectivity index (χ3v) is 4.78. The zero-order chi connectivity index (χ0) is 19.8. The molecule has 0 atom stereocenters. The van der Waals surface area contributed by atoms with Gasteiger partial charge in [-0.15, -0.1) is 0 Å². The summed E-state index contributed by atoms with van der Waals surface area (Å²) in [4.78, 5) is 24.7. The van der Waals surface area contributed by atoms with E-state index >= 15 is 0 Å². The van der Waals surface area contributed by atoms with Gasteiger partial charge in [-0.25, -0.2) is 0 Å². The minimum atomic E-state index is -0.232. The number of aryl methyl sites for hydroxylation is 1. The molecule has 0 N–H and O–H groups in total. The molecule has 0 saturated heterocycles. The Hall–Kier alpha value is -3.28. The number of carbonyl (C=O) groups is 2. The van der Waals surface area contributed by atoms with Gasteiger partial charge in [-0.3, -0.25) is 9.59 Å². The van der Waals surface area contributed by atoms with E-state index in [0.717, 1.165) is 18.4 Å². The third-order valence-electron chi connectivity index (χ3n) is 4.78. The average Bonchev–Trinajstić information content (AvgIpc) is 3.47. The molecule has 0 amide bonds. The van der Waals surface area contributed by atoms with Crippen molar-refractivity contribution >= 4 is 17.8 Å². The molecule has 0 aromatic heterocycles. The molecule has 6 heteroatoms. The molecule has 0 unspecified atom stereocenters. The Kier molecular flexibility index (Phi) is 4.55. The number of allylic oxidation sites excluding steroid dienone is 1. The topological polar surface area (TPSA) is 71.1 Å². The summed E-state index contributed by atoms with van der Waals surface area (Å²) in [6.07, 6.45) is 3.39. The summed E-state index contributed by atoms with van der Waals surface area (Å²) in [6.45, 7) is 1.80. The average molecular weight is 380 g/mol. The van der Waals surface area contributed by atoms with Crippen LogP contribution in [0.2, 0.25) is 0 Å². The first-order valence-corrected chi connectivity index (χ1v) is 9.02. The molecule has 2 aliphatic rings. The lowest BCUT2D eigenvalue weighted by molar-refractivity contribution is -0.135. The van der Waals surface area contributed by atoms with Crippen LogP contribution < -0.4 is 18.9 Å². The number of hydrogen-bond acceptors (Lipinski definition) is 6. The zero-order valence-corrected chi connectivity index (χ0v) is 15.9. The van der Waals surface area contributed by atoms with Gasteiger partial charge in [-0.2, -0.15) is 0 Å². The highest BCUT2D eigenvalue weighted by atomic mass is 16.5. The second kappa shape index (κ2) is 7.03. The molecule has 1 aliphatic carbocycles. The zero-order valence-electron chi connectivity index (χ0n) is 15.9. The molecule has 4 rings (SSSR count). The van der Waals surface area contributed by atoms with Crippen LogP contribution in [0.25, 0.3) is 6.08 Å². The van der Waals surface area contributed by atoms with Crippen LogP contribution in [0.3, 0.4) is 0 Å². The summed E-state index contributed by atoms with van der Waals surface area (Å²) < 4.78 is 21.7. The van der Waals surface area contributed by atoms with Crippen LogP contribution in [0.5, 0.6) is 23.0 Å². The molecule has 0 bridgehead atoms. The molecule has 2 aromatic rings. The molecular formula is C22H20O6. The van der Waals surface area contributed by atoms with Crippen LogP contribution in [-0.2, 0) is 4.79 Å². The number of hydrogen-bond donors (Lipinski definition) is 0. The highest BCUT2D eigenvalue weighted by Gasteiger charge is 2.33. The molecule has 0 spiro atoms. The SMILES string of the molecule is COc1ccc(/C=C2\Oc3cc(OC(=O)C4CC4)cc(C)c3C2=O)cc1OC. The van der Waals surface area contributed by atoms with Crippen LogP contribution in [-0.4, -0.2) is 26.0 Å². The van der Waals surface area contributed by atoms with Gasteiger partial charge in [0.15, 0.2) is 17.3 Å². The standard InChI is InChI=1S/C22H20O6/c1-12-8-15(27-22(24)14-5-6-14)11-18-20(12)21(23)19(28-18)10-13-4-7-16(25-2)17(9-13)26-3/h4,7-11,14H,5-6H2,1-3H3/b19-10-. The van der Waals surface area contributed by atoms with Crippen molar-refractivity contribution in [3.05, 3.63) is 52.8 Å². The minimum Gasteiger partial charge on any atom is -0.493 e.